The molecule has 0 saturated carbocycles. The average Bonchev–Trinajstić information content (AvgIpc) is 2.30. The molecule has 6 heteroatoms. The van der Waals surface area contributed by atoms with Crippen LogP contribution >= 0.6 is 27.5 Å². The number of halogens is 2. The van der Waals surface area contributed by atoms with E-state index in [0.717, 1.165) is 15.7 Å². The van der Waals surface area contributed by atoms with E-state index in [-0.39, 0.29) is 5.95 Å². The van der Waals surface area contributed by atoms with Gasteiger partial charge in [-0.2, -0.15) is 4.98 Å². The summed E-state index contributed by atoms with van der Waals surface area (Å²) in [4.78, 5) is 7.85. The van der Waals surface area contributed by atoms with Gasteiger partial charge in [-0.1, -0.05) is 33.6 Å². The minimum Gasteiger partial charge on any atom is -0.368 e. The molecule has 0 saturated heterocycles. The maximum absolute atomic E-state index is 5.98. The maximum atomic E-state index is 5.98. The highest BCUT2D eigenvalue weighted by Gasteiger charge is 2.07. The first-order valence-corrected chi connectivity index (χ1v) is 6.05. The zero-order valence-corrected chi connectivity index (χ0v) is 11.4. The third kappa shape index (κ3) is 2.68. The van der Waals surface area contributed by atoms with E-state index in [1.54, 1.807) is 0 Å². The number of aromatic nitrogens is 2. The van der Waals surface area contributed by atoms with Crippen molar-refractivity contribution in [2.75, 3.05) is 11.1 Å². The van der Waals surface area contributed by atoms with Crippen molar-refractivity contribution in [1.29, 1.82) is 0 Å². The van der Waals surface area contributed by atoms with E-state index in [2.05, 4.69) is 31.2 Å². The Bertz CT molecular complexity index is 559. The summed E-state index contributed by atoms with van der Waals surface area (Å²) in [5.74, 6) is 0.685. The van der Waals surface area contributed by atoms with E-state index in [4.69, 9.17) is 17.3 Å². The van der Waals surface area contributed by atoms with E-state index < -0.39 is 0 Å². The van der Waals surface area contributed by atoms with Gasteiger partial charge in [-0.05, 0) is 24.6 Å². The molecule has 0 spiro atoms. The Morgan fingerprint density at radius 1 is 1.41 bits per heavy atom. The Morgan fingerprint density at radius 2 is 2.18 bits per heavy atom. The summed E-state index contributed by atoms with van der Waals surface area (Å²) in [5.41, 5.74) is 7.51. The van der Waals surface area contributed by atoms with Crippen LogP contribution in [-0.4, -0.2) is 9.97 Å². The first kappa shape index (κ1) is 12.1. The molecule has 0 fully saturated rings. The lowest BCUT2D eigenvalue weighted by molar-refractivity contribution is 1.18. The molecule has 2 aromatic rings. The van der Waals surface area contributed by atoms with Crippen molar-refractivity contribution < 1.29 is 0 Å². The lowest BCUT2D eigenvalue weighted by Crippen LogP contribution is -2.01. The molecule has 2 rings (SSSR count). The number of rotatable bonds is 2. The fraction of sp³-hybridized carbons (Fsp3) is 0.0909. The van der Waals surface area contributed by atoms with Gasteiger partial charge in [-0.3, -0.25) is 0 Å². The van der Waals surface area contributed by atoms with Crippen molar-refractivity contribution in [3.63, 3.8) is 0 Å². The maximum Gasteiger partial charge on any atom is 0.222 e. The van der Waals surface area contributed by atoms with Crippen molar-refractivity contribution in [2.45, 2.75) is 6.92 Å². The number of nitrogen functional groups attached to an aromatic ring is 1. The van der Waals surface area contributed by atoms with E-state index in [0.29, 0.717) is 10.8 Å². The van der Waals surface area contributed by atoms with E-state index in [9.17, 15) is 0 Å². The fourth-order valence-electron chi connectivity index (χ4n) is 1.34. The second-order valence-electron chi connectivity index (χ2n) is 3.46. The zero-order chi connectivity index (χ0) is 12.4. The van der Waals surface area contributed by atoms with Crippen LogP contribution in [0.25, 0.3) is 0 Å². The molecule has 0 aliphatic carbocycles. The Hall–Kier alpha value is -1.33. The van der Waals surface area contributed by atoms with Crippen LogP contribution < -0.4 is 11.1 Å². The van der Waals surface area contributed by atoms with Gasteiger partial charge in [0.1, 0.15) is 5.02 Å². The lowest BCUT2D eigenvalue weighted by atomic mass is 10.2. The van der Waals surface area contributed by atoms with Gasteiger partial charge in [0, 0.05) is 10.2 Å². The quantitative estimate of drug-likeness (QED) is 0.890. The molecular formula is C11H10BrClN4. The topological polar surface area (TPSA) is 63.8 Å². The molecule has 0 aliphatic rings. The number of nitrogens with one attached hydrogen (secondary N) is 1. The van der Waals surface area contributed by atoms with Gasteiger partial charge in [-0.25, -0.2) is 4.98 Å². The van der Waals surface area contributed by atoms with Crippen LogP contribution in [0.1, 0.15) is 5.56 Å². The monoisotopic (exact) mass is 312 g/mol. The van der Waals surface area contributed by atoms with Crippen molar-refractivity contribution in [1.82, 2.24) is 9.97 Å². The SMILES string of the molecule is Cc1c(Br)cccc1Nc1nc(N)ncc1Cl. The van der Waals surface area contributed by atoms with Crippen LogP contribution in [0.4, 0.5) is 17.5 Å². The van der Waals surface area contributed by atoms with Gasteiger partial charge < -0.3 is 11.1 Å². The van der Waals surface area contributed by atoms with Gasteiger partial charge in [0.2, 0.25) is 5.95 Å². The summed E-state index contributed by atoms with van der Waals surface area (Å²) < 4.78 is 1.01. The molecule has 1 aromatic heterocycles. The summed E-state index contributed by atoms with van der Waals surface area (Å²) in [6.07, 6.45) is 1.47. The van der Waals surface area contributed by atoms with E-state index >= 15 is 0 Å². The van der Waals surface area contributed by atoms with Crippen LogP contribution in [0.5, 0.6) is 0 Å². The number of anilines is 3. The second kappa shape index (κ2) is 4.89. The Morgan fingerprint density at radius 3 is 2.94 bits per heavy atom. The molecule has 0 radical (unpaired) electrons. The largest absolute Gasteiger partial charge is 0.368 e. The number of hydrogen-bond acceptors (Lipinski definition) is 4. The molecule has 3 N–H and O–H groups in total. The highest BCUT2D eigenvalue weighted by molar-refractivity contribution is 9.10. The summed E-state index contributed by atoms with van der Waals surface area (Å²) >= 11 is 9.45. The minimum absolute atomic E-state index is 0.185. The Kier molecular flexibility index (Phi) is 3.49. The molecule has 0 aliphatic heterocycles. The molecule has 1 heterocycles. The standard InChI is InChI=1S/C11H10BrClN4/c1-6-7(12)3-2-4-9(6)16-10-8(13)5-15-11(14)17-10/h2-5H,1H3,(H3,14,15,16,17). The molecule has 0 unspecified atom stereocenters. The molecule has 88 valence electrons. The van der Waals surface area contributed by atoms with Crippen LogP contribution in [0.2, 0.25) is 5.02 Å². The summed E-state index contributed by atoms with van der Waals surface area (Å²) in [6, 6.07) is 5.84. The van der Waals surface area contributed by atoms with Gasteiger partial charge in [0.15, 0.2) is 5.82 Å². The van der Waals surface area contributed by atoms with Crippen LogP contribution in [0.3, 0.4) is 0 Å². The number of nitrogens with zero attached hydrogens (tertiary/aromatic N) is 2. The summed E-state index contributed by atoms with van der Waals surface area (Å²) in [7, 11) is 0. The van der Waals surface area contributed by atoms with Crippen LogP contribution in [-0.2, 0) is 0 Å². The number of benzene rings is 1. The first-order valence-electron chi connectivity index (χ1n) is 4.88. The molecule has 0 amide bonds. The fourth-order valence-corrected chi connectivity index (χ4v) is 1.84. The first-order chi connectivity index (χ1) is 8.08. The normalized spacial score (nSPS) is 10.3. The second-order valence-corrected chi connectivity index (χ2v) is 4.72. The van der Waals surface area contributed by atoms with Gasteiger partial charge in [-0.15, -0.1) is 0 Å². The highest BCUT2D eigenvalue weighted by atomic mass is 79.9. The van der Waals surface area contributed by atoms with Gasteiger partial charge in [0.05, 0.1) is 6.20 Å². The number of nitrogens with two attached hydrogens (primary N) is 1. The summed E-state index contributed by atoms with van der Waals surface area (Å²) in [5, 5.41) is 3.56. The van der Waals surface area contributed by atoms with Gasteiger partial charge >= 0.3 is 0 Å². The third-order valence-electron chi connectivity index (χ3n) is 2.28. The minimum atomic E-state index is 0.185. The molecule has 4 nitrogen and oxygen atoms in total. The predicted octanol–water partition coefficient (Wildman–Crippen LogP) is 3.53. The molecule has 0 atom stereocenters. The third-order valence-corrected chi connectivity index (χ3v) is 3.42. The van der Waals surface area contributed by atoms with Crippen LogP contribution in [0.15, 0.2) is 28.9 Å². The highest BCUT2D eigenvalue weighted by Crippen LogP contribution is 2.28. The van der Waals surface area contributed by atoms with E-state index in [1.807, 2.05) is 25.1 Å². The molecule has 1 aromatic carbocycles. The Labute approximate surface area is 112 Å². The van der Waals surface area contributed by atoms with E-state index in [1.165, 1.54) is 6.20 Å². The van der Waals surface area contributed by atoms with Gasteiger partial charge in [0.25, 0.3) is 0 Å². The predicted molar refractivity (Wildman–Crippen MR) is 73.6 cm³/mol. The van der Waals surface area contributed by atoms with Crippen molar-refractivity contribution in [3.8, 4) is 0 Å². The smallest absolute Gasteiger partial charge is 0.222 e. The Balaban J connectivity index is 2.38. The lowest BCUT2D eigenvalue weighted by Gasteiger charge is -2.11. The van der Waals surface area contributed by atoms with Crippen LogP contribution in [0, 0.1) is 6.92 Å². The molecule has 0 bridgehead atoms. The van der Waals surface area contributed by atoms with Crippen molar-refractivity contribution >= 4 is 45.0 Å². The average molecular weight is 314 g/mol. The van der Waals surface area contributed by atoms with Crippen molar-refractivity contribution in [3.05, 3.63) is 39.5 Å². The molecule has 17 heavy (non-hydrogen) atoms. The zero-order valence-electron chi connectivity index (χ0n) is 9.04. The number of hydrogen-bond donors (Lipinski definition) is 2. The molecular weight excluding hydrogens is 304 g/mol. The summed E-state index contributed by atoms with van der Waals surface area (Å²) in [6.45, 7) is 1.99. The van der Waals surface area contributed by atoms with Crippen molar-refractivity contribution in [2.24, 2.45) is 0 Å².